The third-order valence-corrected chi connectivity index (χ3v) is 3.30. The van der Waals surface area contributed by atoms with Crippen molar-refractivity contribution in [2.45, 2.75) is 18.5 Å². The summed E-state index contributed by atoms with van der Waals surface area (Å²) in [6, 6.07) is 2.37. The molecule has 19 heavy (non-hydrogen) atoms. The third-order valence-electron chi connectivity index (χ3n) is 2.61. The van der Waals surface area contributed by atoms with Crippen LogP contribution in [0.4, 0.5) is 17.6 Å². The van der Waals surface area contributed by atoms with Crippen LogP contribution in [0.15, 0.2) is 16.6 Å². The van der Waals surface area contributed by atoms with Crippen LogP contribution in [0.2, 0.25) is 0 Å². The molecule has 1 atom stereocenters. The van der Waals surface area contributed by atoms with Crippen LogP contribution in [0.3, 0.4) is 0 Å². The Morgan fingerprint density at radius 1 is 1.16 bits per heavy atom. The van der Waals surface area contributed by atoms with Crippen LogP contribution in [0.5, 0.6) is 11.5 Å². The van der Waals surface area contributed by atoms with Gasteiger partial charge in [0.25, 0.3) is 0 Å². The van der Waals surface area contributed by atoms with Gasteiger partial charge in [-0.3, -0.25) is 0 Å². The Kier molecular flexibility index (Phi) is 3.91. The lowest BCUT2D eigenvalue weighted by Gasteiger charge is -2.25. The summed E-state index contributed by atoms with van der Waals surface area (Å²) in [6.45, 7) is 0.518. The molecule has 1 aliphatic heterocycles. The number of hydrogen-bond donors (Lipinski definition) is 1. The number of ether oxygens (including phenoxy) is 2. The minimum Gasteiger partial charge on any atom is -0.486 e. The average molecular weight is 345 g/mol. The van der Waals surface area contributed by atoms with Crippen LogP contribution in [0, 0.1) is 0 Å². The maximum absolute atomic E-state index is 13.1. The van der Waals surface area contributed by atoms with Crippen molar-refractivity contribution >= 4 is 15.9 Å². The first-order valence-corrected chi connectivity index (χ1v) is 6.06. The number of rotatable bonds is 3. The van der Waals surface area contributed by atoms with Crippen molar-refractivity contribution < 1.29 is 32.1 Å². The molecular weight excluding hydrogens is 336 g/mol. The van der Waals surface area contributed by atoms with Gasteiger partial charge >= 0.3 is 12.3 Å². The Morgan fingerprint density at radius 2 is 1.68 bits per heavy atom. The highest BCUT2D eigenvalue weighted by Crippen LogP contribution is 2.43. The highest BCUT2D eigenvalue weighted by molar-refractivity contribution is 9.10. The van der Waals surface area contributed by atoms with Gasteiger partial charge < -0.3 is 14.6 Å². The van der Waals surface area contributed by atoms with Crippen molar-refractivity contribution in [1.29, 1.82) is 0 Å². The van der Waals surface area contributed by atoms with E-state index in [1.165, 1.54) is 6.07 Å². The number of aliphatic hydroxyl groups excluding tert-OH is 1. The zero-order chi connectivity index (χ0) is 14.2. The van der Waals surface area contributed by atoms with E-state index in [1.54, 1.807) is 0 Å². The van der Waals surface area contributed by atoms with E-state index in [9.17, 15) is 22.7 Å². The molecule has 1 aliphatic rings. The summed E-state index contributed by atoms with van der Waals surface area (Å²) >= 11 is 2.94. The SMILES string of the molecule is OC(c1cc2c(cc1Br)OCCO2)C(F)(F)C(F)F. The zero-order valence-corrected chi connectivity index (χ0v) is 11.0. The molecule has 1 N–H and O–H groups in total. The van der Waals surface area contributed by atoms with Gasteiger partial charge in [-0.2, -0.15) is 8.78 Å². The quantitative estimate of drug-likeness (QED) is 0.856. The maximum Gasteiger partial charge on any atom is 0.336 e. The molecule has 0 aliphatic carbocycles. The fourth-order valence-electron chi connectivity index (χ4n) is 1.62. The van der Waals surface area contributed by atoms with Crippen LogP contribution in [0.25, 0.3) is 0 Å². The van der Waals surface area contributed by atoms with Gasteiger partial charge in [-0.1, -0.05) is 15.9 Å². The van der Waals surface area contributed by atoms with Gasteiger partial charge in [0.2, 0.25) is 0 Å². The van der Waals surface area contributed by atoms with Crippen molar-refractivity contribution in [2.75, 3.05) is 13.2 Å². The first kappa shape index (κ1) is 14.4. The molecule has 0 bridgehead atoms. The second kappa shape index (κ2) is 5.16. The smallest absolute Gasteiger partial charge is 0.336 e. The minimum absolute atomic E-state index is 0.0459. The van der Waals surface area contributed by atoms with E-state index in [-0.39, 0.29) is 22.4 Å². The fraction of sp³-hybridized carbons (Fsp3) is 0.455. The highest BCUT2D eigenvalue weighted by Gasteiger charge is 2.49. The Bertz CT molecular complexity index is 481. The van der Waals surface area contributed by atoms with Gasteiger partial charge in [-0.05, 0) is 12.1 Å². The minimum atomic E-state index is -4.55. The molecule has 106 valence electrons. The largest absolute Gasteiger partial charge is 0.486 e. The predicted octanol–water partition coefficient (Wildman–Crippen LogP) is 3.15. The Balaban J connectivity index is 2.40. The topological polar surface area (TPSA) is 38.7 Å². The second-order valence-corrected chi connectivity index (χ2v) is 4.75. The number of aliphatic hydroxyl groups is 1. The Morgan fingerprint density at radius 3 is 2.21 bits per heavy atom. The molecule has 1 aromatic rings. The lowest BCUT2D eigenvalue weighted by Crippen LogP contribution is -2.34. The molecule has 0 fully saturated rings. The van der Waals surface area contributed by atoms with E-state index >= 15 is 0 Å². The van der Waals surface area contributed by atoms with Crippen molar-refractivity contribution in [3.63, 3.8) is 0 Å². The fourth-order valence-corrected chi connectivity index (χ4v) is 2.16. The molecule has 1 aromatic carbocycles. The number of alkyl halides is 4. The molecule has 1 heterocycles. The molecule has 0 saturated carbocycles. The molecular formula is C11H9BrF4O3. The molecule has 0 aromatic heterocycles. The number of benzene rings is 1. The number of halogens is 5. The van der Waals surface area contributed by atoms with Gasteiger partial charge in [0.05, 0.1) is 0 Å². The molecule has 0 radical (unpaired) electrons. The monoisotopic (exact) mass is 344 g/mol. The summed E-state index contributed by atoms with van der Waals surface area (Å²) < 4.78 is 61.2. The third kappa shape index (κ3) is 2.64. The Hall–Kier alpha value is -1.02. The molecule has 3 nitrogen and oxygen atoms in total. The summed E-state index contributed by atoms with van der Waals surface area (Å²) in [7, 11) is 0. The molecule has 1 unspecified atom stereocenters. The van der Waals surface area contributed by atoms with Gasteiger partial charge in [0, 0.05) is 10.0 Å². The van der Waals surface area contributed by atoms with E-state index < -0.39 is 18.5 Å². The van der Waals surface area contributed by atoms with Crippen LogP contribution in [-0.2, 0) is 0 Å². The van der Waals surface area contributed by atoms with Crippen molar-refractivity contribution in [1.82, 2.24) is 0 Å². The van der Waals surface area contributed by atoms with Crippen molar-refractivity contribution in [2.24, 2.45) is 0 Å². The van der Waals surface area contributed by atoms with Crippen molar-refractivity contribution in [3.8, 4) is 11.5 Å². The Labute approximate surface area is 114 Å². The molecule has 2 rings (SSSR count). The molecule has 0 spiro atoms. The lowest BCUT2D eigenvalue weighted by molar-refractivity contribution is -0.194. The van der Waals surface area contributed by atoms with Crippen LogP contribution in [-0.4, -0.2) is 30.7 Å². The number of fused-ring (bicyclic) bond motifs is 1. The van der Waals surface area contributed by atoms with Gasteiger partial charge in [0.1, 0.15) is 19.3 Å². The summed E-state index contributed by atoms with van der Waals surface area (Å²) in [4.78, 5) is 0. The normalized spacial score (nSPS) is 16.6. The summed E-state index contributed by atoms with van der Waals surface area (Å²) in [6.07, 6.45) is -6.61. The first-order chi connectivity index (χ1) is 8.84. The van der Waals surface area contributed by atoms with E-state index in [4.69, 9.17) is 9.47 Å². The zero-order valence-electron chi connectivity index (χ0n) is 9.38. The van der Waals surface area contributed by atoms with Crippen LogP contribution < -0.4 is 9.47 Å². The van der Waals surface area contributed by atoms with E-state index in [2.05, 4.69) is 15.9 Å². The summed E-state index contributed by atoms with van der Waals surface area (Å²) in [5.74, 6) is -4.12. The average Bonchev–Trinajstić information content (AvgIpc) is 2.36. The maximum atomic E-state index is 13.1. The van der Waals surface area contributed by atoms with Gasteiger partial charge in [0.15, 0.2) is 11.5 Å². The van der Waals surface area contributed by atoms with Crippen LogP contribution >= 0.6 is 15.9 Å². The molecule has 8 heteroatoms. The number of hydrogen-bond acceptors (Lipinski definition) is 3. The van der Waals surface area contributed by atoms with Crippen molar-refractivity contribution in [3.05, 3.63) is 22.2 Å². The summed E-state index contributed by atoms with van der Waals surface area (Å²) in [5.41, 5.74) is -0.380. The van der Waals surface area contributed by atoms with Crippen LogP contribution in [0.1, 0.15) is 11.7 Å². The standard InChI is InChI=1S/C11H9BrF4O3/c12-6-4-8-7(18-1-2-19-8)3-5(6)9(17)11(15,16)10(13)14/h3-4,9-10,17H,1-2H2. The van der Waals surface area contributed by atoms with Gasteiger partial charge in [-0.25, -0.2) is 8.78 Å². The van der Waals surface area contributed by atoms with E-state index in [0.717, 1.165) is 6.07 Å². The van der Waals surface area contributed by atoms with E-state index in [1.807, 2.05) is 0 Å². The predicted molar refractivity (Wildman–Crippen MR) is 61.0 cm³/mol. The molecule has 0 amide bonds. The molecule has 0 saturated heterocycles. The van der Waals surface area contributed by atoms with Gasteiger partial charge in [-0.15, -0.1) is 0 Å². The second-order valence-electron chi connectivity index (χ2n) is 3.90. The first-order valence-electron chi connectivity index (χ1n) is 5.27. The summed E-state index contributed by atoms with van der Waals surface area (Å²) in [5, 5.41) is 9.44. The highest BCUT2D eigenvalue weighted by atomic mass is 79.9. The van der Waals surface area contributed by atoms with E-state index in [0.29, 0.717) is 12.4 Å². The lowest BCUT2D eigenvalue weighted by atomic mass is 10.0.